The highest BCUT2D eigenvalue weighted by Gasteiger charge is 2.41. The molecule has 6 rings (SSSR count). The zero-order valence-electron chi connectivity index (χ0n) is 30.2. The maximum atomic E-state index is 8.50. The van der Waals surface area contributed by atoms with Gasteiger partial charge in [0.2, 0.25) is 13.4 Å². The predicted molar refractivity (Wildman–Crippen MR) is 159 cm³/mol. The molecule has 0 aliphatic carbocycles. The van der Waals surface area contributed by atoms with Gasteiger partial charge in [0.25, 0.3) is 0 Å². The molecule has 180 valence electrons. The Morgan fingerprint density at radius 2 is 1.16 bits per heavy atom. The van der Waals surface area contributed by atoms with Crippen LogP contribution in [-0.2, 0) is 7.05 Å². The van der Waals surface area contributed by atoms with E-state index in [-0.39, 0.29) is 22.2 Å². The molecule has 0 amide bonds. The summed E-state index contributed by atoms with van der Waals surface area (Å²) in [5, 5.41) is 0. The summed E-state index contributed by atoms with van der Waals surface area (Å²) in [5.41, 5.74) is 6.84. The number of nitrogens with zero attached hydrogens (tertiary/aromatic N) is 2. The molecular weight excluding hydrogens is 446 g/mol. The Labute approximate surface area is 234 Å². The van der Waals surface area contributed by atoms with Crippen molar-refractivity contribution in [3.63, 3.8) is 0 Å². The number of fused-ring (bicyclic) bond motifs is 2. The fraction of sp³-hybridized carbons (Fsp3) is 0.182. The predicted octanol–water partition coefficient (Wildman–Crippen LogP) is 2.19. The molecule has 37 heavy (non-hydrogen) atoms. The van der Waals surface area contributed by atoms with Gasteiger partial charge in [0.05, 0.1) is 6.20 Å². The van der Waals surface area contributed by atoms with E-state index in [1.807, 2.05) is 85.1 Å². The monoisotopic (exact) mass is 488 g/mol. The average Bonchev–Trinajstić information content (AvgIpc) is 3.39. The molecule has 0 spiro atoms. The number of aromatic nitrogens is 2. The fourth-order valence-corrected chi connectivity index (χ4v) is 6.09. The van der Waals surface area contributed by atoms with Gasteiger partial charge < -0.3 is 0 Å². The lowest BCUT2D eigenvalue weighted by molar-refractivity contribution is -0.744. The first-order valence-electron chi connectivity index (χ1n) is 17.0. The molecule has 0 bridgehead atoms. The molecule has 5 aromatic rings. The third-order valence-corrected chi connectivity index (χ3v) is 7.76. The van der Waals surface area contributed by atoms with Crippen LogP contribution in [0, 0.1) is 34.4 Å². The summed E-state index contributed by atoms with van der Waals surface area (Å²) in [6, 6.07) is 23.4. The van der Waals surface area contributed by atoms with Crippen LogP contribution in [-0.4, -0.2) is 18.1 Å². The van der Waals surface area contributed by atoms with Gasteiger partial charge in [0, 0.05) is 18.4 Å². The van der Waals surface area contributed by atoms with Crippen LogP contribution in [0.25, 0.3) is 5.69 Å². The Balaban J connectivity index is 1.80. The maximum Gasteiger partial charge on any atom is 0.240 e. The van der Waals surface area contributed by atoms with Gasteiger partial charge in [-0.05, 0) is 46.0 Å². The van der Waals surface area contributed by atoms with Crippen LogP contribution in [0.1, 0.15) is 40.2 Å². The second kappa shape index (κ2) is 8.95. The van der Waals surface area contributed by atoms with Crippen molar-refractivity contribution in [1.82, 2.24) is 4.68 Å². The Morgan fingerprint density at radius 1 is 0.622 bits per heavy atom. The van der Waals surface area contributed by atoms with Gasteiger partial charge in [-0.1, -0.05) is 122 Å². The first kappa shape index (κ1) is 15.5. The highest BCUT2D eigenvalue weighted by molar-refractivity contribution is 7.11. The highest BCUT2D eigenvalue weighted by atomic mass is 15.4. The van der Waals surface area contributed by atoms with Crippen molar-refractivity contribution < 1.29 is 17.0 Å². The van der Waals surface area contributed by atoms with E-state index in [1.54, 1.807) is 12.1 Å². The molecule has 2 nitrogen and oxygen atoms in total. The van der Waals surface area contributed by atoms with Gasteiger partial charge >= 0.3 is 0 Å². The number of hydrogen-bond acceptors (Lipinski definition) is 0. The molecule has 0 saturated carbocycles. The minimum Gasteiger partial charge on any atom is -0.128 e. The van der Waals surface area contributed by atoms with E-state index in [4.69, 9.17) is 12.3 Å². The van der Waals surface area contributed by atoms with E-state index in [9.17, 15) is 0 Å². The van der Waals surface area contributed by atoms with E-state index in [1.165, 1.54) is 18.2 Å². The van der Waals surface area contributed by atoms with Crippen LogP contribution in [0.15, 0.2) is 91.3 Å². The number of hydrogen-bond donors (Lipinski definition) is 0. The molecule has 4 heteroatoms. The topological polar surface area (TPSA) is 8.81 Å². The quantitative estimate of drug-likeness (QED) is 0.267. The van der Waals surface area contributed by atoms with Crippen molar-refractivity contribution in [2.75, 3.05) is 0 Å². The van der Waals surface area contributed by atoms with Crippen molar-refractivity contribution in [3.05, 3.63) is 119 Å². The Kier molecular flexibility index (Phi) is 3.74. The molecule has 0 unspecified atom stereocenters. The molecule has 1 aromatic heterocycles. The summed E-state index contributed by atoms with van der Waals surface area (Å²) in [7, 11) is 1.92. The van der Waals surface area contributed by atoms with Gasteiger partial charge in [-0.15, -0.1) is 9.36 Å². The highest BCUT2D eigenvalue weighted by Crippen LogP contribution is 2.15. The third kappa shape index (κ3) is 3.70. The van der Waals surface area contributed by atoms with E-state index >= 15 is 0 Å². The van der Waals surface area contributed by atoms with Crippen molar-refractivity contribution >= 4 is 46.2 Å². The zero-order chi connectivity index (χ0) is 33.3. The van der Waals surface area contributed by atoms with E-state index in [2.05, 4.69) is 6.07 Å². The number of aryl methyl sites for hydroxylation is 6. The van der Waals surface area contributed by atoms with E-state index in [0.717, 1.165) is 38.7 Å². The Bertz CT molecular complexity index is 1940. The lowest BCUT2D eigenvalue weighted by Gasteiger charge is -2.35. The molecular formula is C33H33B2N2+. The van der Waals surface area contributed by atoms with Crippen molar-refractivity contribution in [2.45, 2.75) is 34.4 Å². The maximum absolute atomic E-state index is 8.50. The summed E-state index contributed by atoms with van der Waals surface area (Å²) in [4.78, 5) is 0. The molecule has 1 aliphatic rings. The van der Waals surface area contributed by atoms with E-state index < -0.39 is 34.0 Å². The molecule has 0 radical (unpaired) electrons. The molecule has 0 saturated heterocycles. The van der Waals surface area contributed by atoms with Crippen LogP contribution in [0.3, 0.4) is 0 Å². The van der Waals surface area contributed by atoms with Gasteiger partial charge in [-0.25, -0.2) is 0 Å². The van der Waals surface area contributed by atoms with Crippen LogP contribution < -0.4 is 37.5 Å². The molecule has 0 atom stereocenters. The van der Waals surface area contributed by atoms with Gasteiger partial charge in [-0.2, -0.15) is 0 Å². The second-order valence-corrected chi connectivity index (χ2v) is 9.97. The third-order valence-electron chi connectivity index (χ3n) is 7.76. The lowest BCUT2D eigenvalue weighted by atomic mass is 9.20. The molecule has 0 N–H and O–H groups in total. The molecule has 0 fully saturated rings. The molecule has 4 aromatic carbocycles. The second-order valence-electron chi connectivity index (χ2n) is 9.97. The van der Waals surface area contributed by atoms with Crippen molar-refractivity contribution in [1.29, 1.82) is 0 Å². The number of benzene rings is 4. The van der Waals surface area contributed by atoms with Crippen molar-refractivity contribution in [2.24, 2.45) is 7.05 Å². The average molecular weight is 488 g/mol. The largest absolute Gasteiger partial charge is 0.240 e. The summed E-state index contributed by atoms with van der Waals surface area (Å²) < 4.78 is 80.3. The lowest BCUT2D eigenvalue weighted by Crippen LogP contribution is -2.76. The summed E-state index contributed by atoms with van der Waals surface area (Å²) in [6.07, 6.45) is 3.84. The molecule has 2 heterocycles. The first-order chi connectivity index (χ1) is 21.5. The minimum absolute atomic E-state index is 0.0157. The first-order valence-corrected chi connectivity index (χ1v) is 12.5. The molecule has 1 aliphatic heterocycles. The standard InChI is InChI=1S/C33H33B2N2/c1-22-12-9-13-23(2)32(22)34-27-16-7-8-17-28(27)35(33-24(3)14-10-15-25(33)4)30-21-31(26(5)20-29(30)34)37-19-11-18-36(37)6/h7-21H,1-6H3/q+1/i1D3,3D3,4D3. The summed E-state index contributed by atoms with van der Waals surface area (Å²) in [5.74, 6) is 0. The fourth-order valence-electron chi connectivity index (χ4n) is 6.09. The normalized spacial score (nSPS) is 17.1. The van der Waals surface area contributed by atoms with Crippen molar-refractivity contribution in [3.8, 4) is 5.69 Å². The van der Waals surface area contributed by atoms with Gasteiger partial charge in [-0.3, -0.25) is 0 Å². The SMILES string of the molecule is [2H]C([2H])([2H])c1cccc(C)c1B1c2ccccc2B(c2c(C([2H])([2H])[2H])cccc2C([2H])([2H])[2H])c2cc(-n3ccc[n+]3C)c(C)cc21. The smallest absolute Gasteiger partial charge is 0.128 e. The summed E-state index contributed by atoms with van der Waals surface area (Å²) >= 11 is 0. The van der Waals surface area contributed by atoms with Crippen LogP contribution in [0.2, 0.25) is 0 Å². The zero-order valence-corrected chi connectivity index (χ0v) is 21.2. The minimum atomic E-state index is -2.59. The summed E-state index contributed by atoms with van der Waals surface area (Å²) in [6.45, 7) is -4.91. The number of rotatable bonds is 3. The van der Waals surface area contributed by atoms with E-state index in [0.29, 0.717) is 5.46 Å². The van der Waals surface area contributed by atoms with Gasteiger partial charge in [0.15, 0.2) is 13.2 Å². The van der Waals surface area contributed by atoms with Crippen LogP contribution in [0.5, 0.6) is 0 Å². The van der Waals surface area contributed by atoms with Crippen LogP contribution in [0.4, 0.5) is 0 Å². The van der Waals surface area contributed by atoms with Crippen LogP contribution >= 0.6 is 0 Å². The Hall–Kier alpha value is -3.78. The van der Waals surface area contributed by atoms with Gasteiger partial charge in [0.1, 0.15) is 5.69 Å². The Morgan fingerprint density at radius 3 is 1.70 bits per heavy atom.